The van der Waals surface area contributed by atoms with Gasteiger partial charge in [-0.05, 0) is 62.0 Å². The average Bonchev–Trinajstić information content (AvgIpc) is 3.29. The van der Waals surface area contributed by atoms with Crippen LogP contribution in [0.15, 0.2) is 54.6 Å². The lowest BCUT2D eigenvalue weighted by Crippen LogP contribution is -2.44. The molecule has 2 fully saturated rings. The number of fused-ring (bicyclic) bond motifs is 1. The number of likely N-dealkylation sites (tertiary alicyclic amines) is 1. The van der Waals surface area contributed by atoms with Crippen LogP contribution in [0.2, 0.25) is 0 Å². The van der Waals surface area contributed by atoms with Gasteiger partial charge in [0, 0.05) is 54.4 Å². The molecule has 2 aromatic carbocycles. The highest BCUT2D eigenvalue weighted by Crippen LogP contribution is 2.37. The van der Waals surface area contributed by atoms with Crippen LogP contribution in [0, 0.1) is 11.8 Å². The van der Waals surface area contributed by atoms with Gasteiger partial charge < -0.3 is 24.2 Å². The van der Waals surface area contributed by atoms with Crippen LogP contribution in [-0.2, 0) is 24.5 Å². The van der Waals surface area contributed by atoms with E-state index in [-0.39, 0.29) is 19.3 Å². The van der Waals surface area contributed by atoms with E-state index in [2.05, 4.69) is 41.5 Å². The molecule has 6 nitrogen and oxygen atoms in total. The van der Waals surface area contributed by atoms with E-state index in [1.54, 1.807) is 11.9 Å². The van der Waals surface area contributed by atoms with Gasteiger partial charge in [0.15, 0.2) is 0 Å². The van der Waals surface area contributed by atoms with Crippen molar-refractivity contribution in [2.75, 3.05) is 20.1 Å². The second-order valence-electron chi connectivity index (χ2n) is 11.9. The zero-order valence-corrected chi connectivity index (χ0v) is 23.9. The van der Waals surface area contributed by atoms with E-state index < -0.39 is 0 Å². The average molecular weight is 532 g/mol. The molecule has 1 saturated carbocycles. The molecule has 0 radical (unpaired) electrons. The Balaban J connectivity index is 1.30. The Morgan fingerprint density at radius 1 is 0.949 bits per heavy atom. The third-order valence-corrected chi connectivity index (χ3v) is 9.25. The third kappa shape index (κ3) is 6.17. The first-order valence-electron chi connectivity index (χ1n) is 14.8. The minimum Gasteiger partial charge on any atom is -0.445 e. The first-order valence-corrected chi connectivity index (χ1v) is 14.8. The minimum absolute atomic E-state index is 0.0479. The Bertz CT molecular complexity index is 1220. The summed E-state index contributed by atoms with van der Waals surface area (Å²) < 4.78 is 8.03. The number of carbonyl (C=O) groups is 1. The number of aliphatic hydroxyl groups is 1. The van der Waals surface area contributed by atoms with Gasteiger partial charge in [-0.15, -0.1) is 0 Å². The van der Waals surface area contributed by atoms with Crippen molar-refractivity contribution in [2.24, 2.45) is 11.8 Å². The van der Waals surface area contributed by atoms with E-state index in [4.69, 9.17) is 4.74 Å². The lowest BCUT2D eigenvalue weighted by Gasteiger charge is -2.42. The molecule has 0 bridgehead atoms. The highest BCUT2D eigenvalue weighted by atomic mass is 16.6. The standard InChI is InChI=1S/C33H45N3O3/c1-24(2)26-13-15-27(16-14-26)35-19-17-28(18-20-35)36-31-12-8-7-11-29(31)30(22-37)32(36)21-34(3)33(38)39-23-25-9-5-4-6-10-25/h4-12,24,26-28,37H,13-23H2,1-3H3. The number of aromatic nitrogens is 1. The van der Waals surface area contributed by atoms with Crippen LogP contribution >= 0.6 is 0 Å². The maximum Gasteiger partial charge on any atom is 0.410 e. The molecule has 0 spiro atoms. The van der Waals surface area contributed by atoms with Crippen molar-refractivity contribution in [1.82, 2.24) is 14.4 Å². The number of hydrogen-bond donors (Lipinski definition) is 1. The Labute approximate surface area is 233 Å². The van der Waals surface area contributed by atoms with Gasteiger partial charge in [0.2, 0.25) is 0 Å². The summed E-state index contributed by atoms with van der Waals surface area (Å²) >= 11 is 0. The summed E-state index contributed by atoms with van der Waals surface area (Å²) in [6.45, 7) is 7.56. The van der Waals surface area contributed by atoms with Gasteiger partial charge in [-0.1, -0.05) is 62.4 Å². The van der Waals surface area contributed by atoms with Crippen molar-refractivity contribution in [3.63, 3.8) is 0 Å². The fourth-order valence-electron chi connectivity index (χ4n) is 6.91. The largest absolute Gasteiger partial charge is 0.445 e. The van der Waals surface area contributed by atoms with Gasteiger partial charge in [-0.3, -0.25) is 0 Å². The van der Waals surface area contributed by atoms with Crippen molar-refractivity contribution in [1.29, 1.82) is 0 Å². The Morgan fingerprint density at radius 2 is 1.62 bits per heavy atom. The number of piperidine rings is 1. The molecule has 2 aliphatic rings. The molecular weight excluding hydrogens is 486 g/mol. The number of aliphatic hydroxyl groups excluding tert-OH is 1. The number of amides is 1. The van der Waals surface area contributed by atoms with E-state index in [1.165, 1.54) is 25.7 Å². The highest BCUT2D eigenvalue weighted by molar-refractivity contribution is 5.86. The van der Waals surface area contributed by atoms with E-state index in [1.807, 2.05) is 36.4 Å². The van der Waals surface area contributed by atoms with Crippen molar-refractivity contribution in [2.45, 2.75) is 84.2 Å². The van der Waals surface area contributed by atoms with Crippen LogP contribution in [0.4, 0.5) is 4.79 Å². The molecule has 1 N–H and O–H groups in total. The molecule has 1 aliphatic carbocycles. The topological polar surface area (TPSA) is 57.9 Å². The maximum atomic E-state index is 12.9. The lowest BCUT2D eigenvalue weighted by molar-refractivity contribution is 0.0871. The SMILES string of the molecule is CC(C)C1CCC(N2CCC(n3c(CN(C)C(=O)OCc4ccccc4)c(CO)c4ccccc43)CC2)CC1. The fraction of sp³-hybridized carbons (Fsp3) is 0.545. The van der Waals surface area contributed by atoms with E-state index in [9.17, 15) is 9.90 Å². The number of ether oxygens (including phenoxy) is 1. The summed E-state index contributed by atoms with van der Waals surface area (Å²) in [5.41, 5.74) is 4.06. The maximum absolute atomic E-state index is 12.9. The van der Waals surface area contributed by atoms with Crippen LogP contribution in [0.3, 0.4) is 0 Å². The number of hydrogen-bond acceptors (Lipinski definition) is 4. The summed E-state index contributed by atoms with van der Waals surface area (Å²) in [5.74, 6) is 1.69. The smallest absolute Gasteiger partial charge is 0.410 e. The Kier molecular flexibility index (Phi) is 8.93. The van der Waals surface area contributed by atoms with Crippen molar-refractivity contribution >= 4 is 17.0 Å². The van der Waals surface area contributed by atoms with Crippen LogP contribution in [0.5, 0.6) is 0 Å². The van der Waals surface area contributed by atoms with Crippen LogP contribution in [0.25, 0.3) is 10.9 Å². The predicted molar refractivity (Wildman–Crippen MR) is 156 cm³/mol. The van der Waals surface area contributed by atoms with E-state index in [0.29, 0.717) is 12.6 Å². The van der Waals surface area contributed by atoms with E-state index in [0.717, 1.165) is 71.5 Å². The molecule has 0 unspecified atom stereocenters. The first kappa shape index (κ1) is 27.7. The molecule has 1 amide bonds. The van der Waals surface area contributed by atoms with Gasteiger partial charge in [0.25, 0.3) is 0 Å². The number of para-hydroxylation sites is 1. The van der Waals surface area contributed by atoms with Gasteiger partial charge >= 0.3 is 6.09 Å². The summed E-state index contributed by atoms with van der Waals surface area (Å²) in [7, 11) is 1.78. The third-order valence-electron chi connectivity index (χ3n) is 9.25. The van der Waals surface area contributed by atoms with Gasteiger partial charge in [0.05, 0.1) is 13.2 Å². The van der Waals surface area contributed by atoms with Crippen LogP contribution in [-0.4, -0.2) is 51.7 Å². The molecule has 1 aromatic heterocycles. The molecular formula is C33H45N3O3. The number of carbonyl (C=O) groups excluding carboxylic acids is 1. The zero-order valence-electron chi connectivity index (χ0n) is 23.9. The monoisotopic (exact) mass is 531 g/mol. The second-order valence-corrected chi connectivity index (χ2v) is 11.9. The molecule has 39 heavy (non-hydrogen) atoms. The zero-order chi connectivity index (χ0) is 27.4. The molecule has 2 heterocycles. The molecule has 3 aromatic rings. The quantitative estimate of drug-likeness (QED) is 0.349. The fourth-order valence-corrected chi connectivity index (χ4v) is 6.91. The van der Waals surface area contributed by atoms with Crippen LogP contribution < -0.4 is 0 Å². The predicted octanol–water partition coefficient (Wildman–Crippen LogP) is 6.75. The van der Waals surface area contributed by atoms with Crippen LogP contribution in [0.1, 0.15) is 75.2 Å². The summed E-state index contributed by atoms with van der Waals surface area (Å²) in [6, 6.07) is 19.2. The lowest BCUT2D eigenvalue weighted by atomic mass is 9.79. The Morgan fingerprint density at radius 3 is 2.28 bits per heavy atom. The second kappa shape index (κ2) is 12.6. The van der Waals surface area contributed by atoms with Gasteiger partial charge in [0.1, 0.15) is 6.61 Å². The number of rotatable bonds is 8. The highest BCUT2D eigenvalue weighted by Gasteiger charge is 2.32. The van der Waals surface area contributed by atoms with Crippen molar-refractivity contribution in [3.05, 3.63) is 71.4 Å². The molecule has 210 valence electrons. The summed E-state index contributed by atoms with van der Waals surface area (Å²) in [4.78, 5) is 17.3. The molecule has 1 saturated heterocycles. The molecule has 0 atom stereocenters. The Hall–Kier alpha value is -2.83. The van der Waals surface area contributed by atoms with Crippen molar-refractivity contribution in [3.8, 4) is 0 Å². The summed E-state index contributed by atoms with van der Waals surface area (Å²) in [5, 5.41) is 11.5. The first-order chi connectivity index (χ1) is 19.0. The van der Waals surface area contributed by atoms with Crippen molar-refractivity contribution < 1.29 is 14.6 Å². The summed E-state index contributed by atoms with van der Waals surface area (Å²) in [6.07, 6.45) is 7.20. The number of benzene rings is 2. The normalized spacial score (nSPS) is 20.9. The molecule has 1 aliphatic heterocycles. The minimum atomic E-state index is -0.355. The van der Waals surface area contributed by atoms with E-state index >= 15 is 0 Å². The van der Waals surface area contributed by atoms with Gasteiger partial charge in [-0.2, -0.15) is 0 Å². The number of nitrogens with zero attached hydrogens (tertiary/aromatic N) is 3. The van der Waals surface area contributed by atoms with Gasteiger partial charge in [-0.25, -0.2) is 4.79 Å². The molecule has 6 heteroatoms. The molecule has 5 rings (SSSR count).